The Bertz CT molecular complexity index is 3630. The van der Waals surface area contributed by atoms with Crippen LogP contribution in [0.1, 0.15) is 154 Å². The number of nitrogens with one attached hydrogen (secondary N) is 5. The van der Waals surface area contributed by atoms with E-state index >= 15 is 9.59 Å². The summed E-state index contributed by atoms with van der Waals surface area (Å²) in [5, 5.41) is 72.6. The van der Waals surface area contributed by atoms with Crippen LogP contribution in [0.4, 0.5) is 4.39 Å². The number of primary amides is 1. The topological polar surface area (TPSA) is 421 Å². The Morgan fingerprint density at radius 1 is 0.860 bits per heavy atom. The monoisotopic (exact) mass is 1420 g/mol. The number of rotatable bonds is 31. The molecule has 2 saturated carbocycles. The minimum absolute atomic E-state index is 0.0365. The van der Waals surface area contributed by atoms with Crippen LogP contribution >= 0.6 is 11.6 Å². The minimum atomic E-state index is -2.45. The quantitative estimate of drug-likeness (QED) is 0.0108. The summed E-state index contributed by atoms with van der Waals surface area (Å²) in [5.74, 6) is -12.2. The van der Waals surface area contributed by atoms with E-state index in [9.17, 15) is 73.1 Å². The summed E-state index contributed by atoms with van der Waals surface area (Å²) in [6, 6.07) is 13.7. The molecule has 0 spiro atoms. The van der Waals surface area contributed by atoms with E-state index in [4.69, 9.17) is 41.0 Å². The van der Waals surface area contributed by atoms with Crippen molar-refractivity contribution in [3.05, 3.63) is 124 Å². The van der Waals surface area contributed by atoms with Gasteiger partial charge in [0, 0.05) is 61.5 Å². The number of fused-ring (bicyclic) bond motifs is 5. The maximum absolute atomic E-state index is 15.4. The lowest BCUT2D eigenvalue weighted by molar-refractivity contribution is -0.319. The molecule has 4 aliphatic rings. The van der Waals surface area contributed by atoms with Gasteiger partial charge in [-0.1, -0.05) is 80.0 Å². The van der Waals surface area contributed by atoms with Crippen LogP contribution in [0.15, 0.2) is 96.1 Å². The largest absolute Gasteiger partial charge is 0.480 e. The fourth-order valence-electron chi connectivity index (χ4n) is 14.0. The SMILES string of the molecule is CC(=O)C[C@@]12CO[C@@H]1C[C@H](O)[C@@]1(C)C(=O)[C@H](O)C3=C(C)[C@@H](OC(=O)[C@H](OC(=O)CCC(=O)NCCCC[C@H](NC(=O)CC[C@@H](NC(=O)[C@H](C)NC(=O)/C=C/c4ccc(F)cc4Cl)C(N)=O)C(=O)O)[C@@H](NC(O)OC(C)(C)C)c4ccccc4)C[C@@](O)([C@@H](OC(=O)c4ccccc4)[C@H]21)C3(C)C. The average molecular weight is 1420 g/mol. The Balaban J connectivity index is 1.04. The second kappa shape index (κ2) is 33.0. The van der Waals surface area contributed by atoms with Gasteiger partial charge in [-0.15, -0.1) is 0 Å². The zero-order valence-corrected chi connectivity index (χ0v) is 57.9. The number of carbonyl (C=O) groups is 11. The zero-order valence-electron chi connectivity index (χ0n) is 57.2. The van der Waals surface area contributed by atoms with E-state index < -0.39 is 191 Å². The van der Waals surface area contributed by atoms with E-state index in [2.05, 4.69) is 26.6 Å². The van der Waals surface area contributed by atoms with Crippen LogP contribution < -0.4 is 32.3 Å². The maximum Gasteiger partial charge on any atom is 0.350 e. The molecule has 1 aliphatic heterocycles. The number of hydrogen-bond donors (Lipinski definition) is 11. The predicted molar refractivity (Wildman–Crippen MR) is 355 cm³/mol. The van der Waals surface area contributed by atoms with Crippen molar-refractivity contribution >= 4 is 82.7 Å². The number of carbonyl (C=O) groups excluding carboxylic acids is 10. The highest BCUT2D eigenvalue weighted by atomic mass is 35.5. The lowest BCUT2D eigenvalue weighted by Gasteiger charge is -2.68. The Hall–Kier alpha value is -8.35. The molecule has 3 aromatic rings. The van der Waals surface area contributed by atoms with E-state index in [0.29, 0.717) is 5.56 Å². The molecule has 1 unspecified atom stereocenters. The van der Waals surface area contributed by atoms with Crippen molar-refractivity contribution in [2.75, 3.05) is 13.2 Å². The molecule has 0 aromatic heterocycles. The molecule has 544 valence electrons. The number of carboxylic acids is 1. The number of benzene rings is 3. The second-order valence-corrected chi connectivity index (χ2v) is 28.1. The molecule has 29 heteroatoms. The predicted octanol–water partition coefficient (Wildman–Crippen LogP) is 4.03. The number of aliphatic hydroxyl groups is 4. The number of Topliss-reactive ketones (excluding diaryl/α,β-unsaturated/α-hetero) is 2. The molecular weight excluding hydrogens is 1330 g/mol. The van der Waals surface area contributed by atoms with Gasteiger partial charge in [0.15, 0.2) is 5.78 Å². The molecule has 27 nitrogen and oxygen atoms in total. The first-order valence-electron chi connectivity index (χ1n) is 32.9. The number of ketones is 2. The van der Waals surface area contributed by atoms with E-state index in [1.807, 2.05) is 0 Å². The first-order chi connectivity index (χ1) is 46.8. The second-order valence-electron chi connectivity index (χ2n) is 27.7. The van der Waals surface area contributed by atoms with E-state index in [1.54, 1.807) is 69.3 Å². The third kappa shape index (κ3) is 18.4. The average Bonchev–Trinajstić information content (AvgIpc) is 0.670. The zero-order chi connectivity index (χ0) is 74.0. The normalized spacial score (nSPS) is 25.6. The van der Waals surface area contributed by atoms with Crippen molar-refractivity contribution in [2.45, 2.75) is 205 Å². The van der Waals surface area contributed by atoms with Gasteiger partial charge >= 0.3 is 23.9 Å². The van der Waals surface area contributed by atoms with E-state index in [0.717, 1.165) is 18.2 Å². The van der Waals surface area contributed by atoms with E-state index in [1.165, 1.54) is 65.8 Å². The fraction of sp³-hybridized carbons (Fsp3) is 0.535. The number of ether oxygens (including phenoxy) is 5. The highest BCUT2D eigenvalue weighted by Gasteiger charge is 2.76. The van der Waals surface area contributed by atoms with Crippen molar-refractivity contribution in [1.29, 1.82) is 0 Å². The van der Waals surface area contributed by atoms with Gasteiger partial charge in [0.1, 0.15) is 53.6 Å². The molecule has 5 amide bonds. The summed E-state index contributed by atoms with van der Waals surface area (Å²) in [6.45, 7) is 13.3. The Labute approximate surface area is 582 Å². The molecular formula is C71H90ClFN6O21. The van der Waals surface area contributed by atoms with Gasteiger partial charge in [-0.3, -0.25) is 38.9 Å². The first kappa shape index (κ1) is 79.0. The number of aliphatic hydroxyl groups excluding tert-OH is 3. The Kier molecular flexibility index (Phi) is 26.0. The van der Waals surface area contributed by atoms with Gasteiger partial charge < -0.3 is 81.0 Å². The molecule has 100 heavy (non-hydrogen) atoms. The van der Waals surface area contributed by atoms with Gasteiger partial charge in [0.25, 0.3) is 0 Å². The van der Waals surface area contributed by atoms with Gasteiger partial charge in [0.2, 0.25) is 42.1 Å². The fourth-order valence-corrected chi connectivity index (χ4v) is 14.3. The van der Waals surface area contributed by atoms with E-state index in [-0.39, 0.29) is 84.8 Å². The van der Waals surface area contributed by atoms with Crippen LogP contribution in [-0.4, -0.2) is 176 Å². The Morgan fingerprint density at radius 3 is 2.12 bits per heavy atom. The number of carboxylic acid groups (broad SMARTS) is 1. The third-order valence-electron chi connectivity index (χ3n) is 19.3. The molecule has 3 aromatic carbocycles. The highest BCUT2D eigenvalue weighted by molar-refractivity contribution is 6.32. The molecule has 1 heterocycles. The number of esters is 3. The number of unbranched alkanes of at least 4 members (excludes halogenated alkanes) is 1. The number of aliphatic carboxylic acids is 1. The molecule has 15 atom stereocenters. The molecule has 2 bridgehead atoms. The number of halogens is 2. The molecule has 12 N–H and O–H groups in total. The molecule has 7 rings (SSSR count). The van der Waals surface area contributed by atoms with Crippen LogP contribution in [0.2, 0.25) is 5.02 Å². The standard InChI is InChI=1S/C71H90ClFN6O21/c1-37(80)34-70-36-96-49(70)33-48(81)69(9)58(70)60(99-64(92)42-20-14-11-15-21-42)71(95)35-47(38(2)54(68(71,7)8)56(86)59(69)87)97-65(93)57(55(41-18-12-10-13-19-41)79-66(94)100-67(4,5)6)98-53(85)30-29-50(82)75-31-17-16-22-46(63(90)91)77-52(84)28-26-45(61(74)88)78-62(89)39(3)76-51(83)27-24-40-23-25-43(73)32-44(40)72/h10-15,18-21,23-25,27,32,39,45-49,55-58,60,66,79,81,86,94-95H,16-17,22,26,28-31,33-36H2,1-9H3,(H2,74,88)(H,75,82)(H,76,83)(H,77,84)(H,78,89)(H,90,91)/b27-24+/t39-,45+,46-,47-,48-,49+,55-,56+,57+,58-,60-,66?,69+,70+,71+/m0/s1. The summed E-state index contributed by atoms with van der Waals surface area (Å²) in [6.07, 6.45) is -12.4. The van der Waals surface area contributed by atoms with Gasteiger partial charge in [0.05, 0.1) is 52.9 Å². The summed E-state index contributed by atoms with van der Waals surface area (Å²) >= 11 is 5.99. The number of nitrogens with two attached hydrogens (primary N) is 1. The van der Waals surface area contributed by atoms with Crippen LogP contribution in [0.25, 0.3) is 6.08 Å². The number of amides is 5. The van der Waals surface area contributed by atoms with Crippen LogP contribution in [-0.2, 0) is 71.6 Å². The van der Waals surface area contributed by atoms with Crippen molar-refractivity contribution in [1.82, 2.24) is 26.6 Å². The molecule has 3 aliphatic carbocycles. The summed E-state index contributed by atoms with van der Waals surface area (Å²) in [4.78, 5) is 149. The van der Waals surface area contributed by atoms with Gasteiger partial charge in [-0.2, -0.15) is 0 Å². The maximum atomic E-state index is 15.4. The lowest BCUT2D eigenvalue weighted by atomic mass is 9.41. The summed E-state index contributed by atoms with van der Waals surface area (Å²) in [5.41, 5.74) is -2.56. The number of hydrogen-bond acceptors (Lipinski definition) is 21. The van der Waals surface area contributed by atoms with Crippen LogP contribution in [0, 0.1) is 28.0 Å². The minimum Gasteiger partial charge on any atom is -0.480 e. The van der Waals surface area contributed by atoms with Crippen molar-refractivity contribution in [3.8, 4) is 0 Å². The van der Waals surface area contributed by atoms with Crippen LogP contribution in [0.3, 0.4) is 0 Å². The van der Waals surface area contributed by atoms with Crippen molar-refractivity contribution in [2.24, 2.45) is 27.9 Å². The van der Waals surface area contributed by atoms with Crippen molar-refractivity contribution in [3.63, 3.8) is 0 Å². The Morgan fingerprint density at radius 2 is 1.52 bits per heavy atom. The summed E-state index contributed by atoms with van der Waals surface area (Å²) in [7, 11) is 0. The van der Waals surface area contributed by atoms with Gasteiger partial charge in [-0.25, -0.2) is 18.8 Å². The molecule has 1 saturated heterocycles. The van der Waals surface area contributed by atoms with Crippen molar-refractivity contribution < 1.29 is 106 Å². The smallest absolute Gasteiger partial charge is 0.350 e. The van der Waals surface area contributed by atoms with Crippen LogP contribution in [0.5, 0.6) is 0 Å². The lowest BCUT2D eigenvalue weighted by Crippen LogP contribution is -2.78. The third-order valence-corrected chi connectivity index (χ3v) is 19.6. The summed E-state index contributed by atoms with van der Waals surface area (Å²) < 4.78 is 44.0. The van der Waals surface area contributed by atoms with Gasteiger partial charge in [-0.05, 0) is 127 Å². The highest BCUT2D eigenvalue weighted by Crippen LogP contribution is 2.67. The first-order valence-corrected chi connectivity index (χ1v) is 33.3. The molecule has 0 radical (unpaired) electrons. The molecule has 3 fully saturated rings.